The fraction of sp³-hybridized carbons (Fsp3) is 0.353. The Hall–Kier alpha value is -1.87. The van der Waals surface area contributed by atoms with Crippen LogP contribution in [0.3, 0.4) is 0 Å². The van der Waals surface area contributed by atoms with Crippen molar-refractivity contribution in [1.29, 1.82) is 0 Å². The molecule has 0 fully saturated rings. The number of pyridine rings is 1. The second kappa shape index (κ2) is 6.53. The molecule has 0 bridgehead atoms. The molecule has 1 heterocycles. The molecule has 3 nitrogen and oxygen atoms in total. The molecule has 2 rings (SSSR count). The molecule has 0 amide bonds. The first-order valence-corrected chi connectivity index (χ1v) is 7.17. The van der Waals surface area contributed by atoms with Gasteiger partial charge in [0.2, 0.25) is 0 Å². The van der Waals surface area contributed by atoms with Crippen LogP contribution in [0, 0.1) is 6.92 Å². The highest BCUT2D eigenvalue weighted by Gasteiger charge is 2.04. The lowest BCUT2D eigenvalue weighted by atomic mass is 10.1. The van der Waals surface area contributed by atoms with Gasteiger partial charge < -0.3 is 10.3 Å². The van der Waals surface area contributed by atoms with Crippen LogP contribution in [0.5, 0.6) is 0 Å². The standard InChI is InChI=1S/C17H22N2O/c1-3-4-5-14-6-8-16(9-7-14)19-12-15(11-18)17(20)10-13(19)2/h6-10,12H,3-5,11,18H2,1-2H3. The molecule has 0 saturated carbocycles. The van der Waals surface area contributed by atoms with Gasteiger partial charge in [-0.1, -0.05) is 25.5 Å². The average molecular weight is 270 g/mol. The number of aromatic nitrogens is 1. The lowest BCUT2D eigenvalue weighted by Gasteiger charge is -2.13. The summed E-state index contributed by atoms with van der Waals surface area (Å²) in [5.74, 6) is 0. The summed E-state index contributed by atoms with van der Waals surface area (Å²) in [6, 6.07) is 10.2. The number of nitrogens with zero attached hydrogens (tertiary/aromatic N) is 1. The van der Waals surface area contributed by atoms with E-state index in [2.05, 4.69) is 31.2 Å². The Kier molecular flexibility index (Phi) is 4.74. The predicted molar refractivity (Wildman–Crippen MR) is 83.3 cm³/mol. The number of rotatable bonds is 5. The number of aryl methyl sites for hydroxylation is 2. The van der Waals surface area contributed by atoms with E-state index < -0.39 is 0 Å². The summed E-state index contributed by atoms with van der Waals surface area (Å²) in [7, 11) is 0. The number of nitrogens with two attached hydrogens (primary N) is 1. The van der Waals surface area contributed by atoms with E-state index in [0.29, 0.717) is 5.56 Å². The van der Waals surface area contributed by atoms with Crippen molar-refractivity contribution in [2.45, 2.75) is 39.7 Å². The molecule has 3 heteroatoms. The van der Waals surface area contributed by atoms with Crippen LogP contribution in [0.2, 0.25) is 0 Å². The van der Waals surface area contributed by atoms with Crippen molar-refractivity contribution in [3.05, 3.63) is 63.6 Å². The minimum absolute atomic E-state index is 0.0146. The van der Waals surface area contributed by atoms with E-state index in [9.17, 15) is 4.79 Å². The third-order valence-corrected chi connectivity index (χ3v) is 3.57. The van der Waals surface area contributed by atoms with Crippen molar-refractivity contribution in [2.75, 3.05) is 0 Å². The third-order valence-electron chi connectivity index (χ3n) is 3.57. The van der Waals surface area contributed by atoms with Crippen LogP contribution in [0.15, 0.2) is 41.3 Å². The van der Waals surface area contributed by atoms with Gasteiger partial charge in [0, 0.05) is 35.8 Å². The lowest BCUT2D eigenvalue weighted by molar-refractivity contribution is 0.794. The summed E-state index contributed by atoms with van der Waals surface area (Å²) in [4.78, 5) is 11.7. The molecule has 20 heavy (non-hydrogen) atoms. The van der Waals surface area contributed by atoms with E-state index in [4.69, 9.17) is 5.73 Å². The van der Waals surface area contributed by atoms with Crippen LogP contribution in [-0.2, 0) is 13.0 Å². The first-order valence-electron chi connectivity index (χ1n) is 7.17. The summed E-state index contributed by atoms with van der Waals surface area (Å²) in [6.07, 6.45) is 5.39. The van der Waals surface area contributed by atoms with E-state index >= 15 is 0 Å². The van der Waals surface area contributed by atoms with Gasteiger partial charge >= 0.3 is 0 Å². The maximum Gasteiger partial charge on any atom is 0.186 e. The zero-order chi connectivity index (χ0) is 14.5. The van der Waals surface area contributed by atoms with Gasteiger partial charge in [-0.2, -0.15) is 0 Å². The Morgan fingerprint density at radius 2 is 1.90 bits per heavy atom. The summed E-state index contributed by atoms with van der Waals surface area (Å²) < 4.78 is 2.02. The predicted octanol–water partition coefficient (Wildman–Crippen LogP) is 2.95. The van der Waals surface area contributed by atoms with Gasteiger partial charge in [0.15, 0.2) is 5.43 Å². The highest BCUT2D eigenvalue weighted by molar-refractivity contribution is 5.37. The largest absolute Gasteiger partial charge is 0.326 e. The molecule has 0 saturated heterocycles. The molecule has 0 radical (unpaired) electrons. The molecule has 106 valence electrons. The first-order chi connectivity index (χ1) is 9.65. The Labute approximate surface area is 120 Å². The second-order valence-electron chi connectivity index (χ2n) is 5.15. The van der Waals surface area contributed by atoms with Crippen LogP contribution in [0.1, 0.15) is 36.6 Å². The van der Waals surface area contributed by atoms with Crippen molar-refractivity contribution >= 4 is 0 Å². The quantitative estimate of drug-likeness (QED) is 0.908. The van der Waals surface area contributed by atoms with Crippen molar-refractivity contribution in [3.63, 3.8) is 0 Å². The van der Waals surface area contributed by atoms with Crippen molar-refractivity contribution < 1.29 is 0 Å². The van der Waals surface area contributed by atoms with Crippen LogP contribution in [-0.4, -0.2) is 4.57 Å². The topological polar surface area (TPSA) is 48.0 Å². The zero-order valence-corrected chi connectivity index (χ0v) is 12.2. The van der Waals surface area contributed by atoms with Gasteiger partial charge in [-0.15, -0.1) is 0 Å². The number of hydrogen-bond donors (Lipinski definition) is 1. The Balaban J connectivity index is 2.34. The molecule has 1 aromatic heterocycles. The minimum Gasteiger partial charge on any atom is -0.326 e. The van der Waals surface area contributed by atoms with Gasteiger partial charge in [-0.25, -0.2) is 0 Å². The molecular weight excluding hydrogens is 248 g/mol. The monoisotopic (exact) mass is 270 g/mol. The van der Waals surface area contributed by atoms with Gasteiger partial charge in [0.05, 0.1) is 0 Å². The van der Waals surface area contributed by atoms with E-state index in [1.54, 1.807) is 6.07 Å². The maximum absolute atomic E-state index is 11.7. The van der Waals surface area contributed by atoms with E-state index in [-0.39, 0.29) is 12.0 Å². The van der Waals surface area contributed by atoms with Gasteiger partial charge in [-0.3, -0.25) is 4.79 Å². The molecule has 0 unspecified atom stereocenters. The van der Waals surface area contributed by atoms with E-state index in [0.717, 1.165) is 17.8 Å². The van der Waals surface area contributed by atoms with Crippen molar-refractivity contribution in [2.24, 2.45) is 5.73 Å². The van der Waals surface area contributed by atoms with Gasteiger partial charge in [0.25, 0.3) is 0 Å². The summed E-state index contributed by atoms with van der Waals surface area (Å²) in [6.45, 7) is 4.41. The number of hydrogen-bond acceptors (Lipinski definition) is 2. The van der Waals surface area contributed by atoms with Crippen molar-refractivity contribution in [3.8, 4) is 5.69 Å². The first kappa shape index (κ1) is 14.5. The van der Waals surface area contributed by atoms with Crippen LogP contribution >= 0.6 is 0 Å². The normalized spacial score (nSPS) is 10.8. The van der Waals surface area contributed by atoms with Crippen LogP contribution in [0.4, 0.5) is 0 Å². The highest BCUT2D eigenvalue weighted by atomic mass is 16.1. The Morgan fingerprint density at radius 1 is 1.20 bits per heavy atom. The minimum atomic E-state index is 0.0146. The maximum atomic E-state index is 11.7. The molecule has 0 aliphatic rings. The second-order valence-corrected chi connectivity index (χ2v) is 5.15. The SMILES string of the molecule is CCCCc1ccc(-n2cc(CN)c(=O)cc2C)cc1. The summed E-state index contributed by atoms with van der Waals surface area (Å²) >= 11 is 0. The molecule has 1 aromatic carbocycles. The molecule has 0 spiro atoms. The zero-order valence-electron chi connectivity index (χ0n) is 12.2. The fourth-order valence-electron chi connectivity index (χ4n) is 2.31. The smallest absolute Gasteiger partial charge is 0.186 e. The van der Waals surface area contributed by atoms with E-state index in [1.165, 1.54) is 18.4 Å². The molecule has 2 N–H and O–H groups in total. The van der Waals surface area contributed by atoms with Crippen molar-refractivity contribution in [1.82, 2.24) is 4.57 Å². The Morgan fingerprint density at radius 3 is 2.50 bits per heavy atom. The molecule has 0 aliphatic heterocycles. The molecule has 2 aromatic rings. The average Bonchev–Trinajstić information content (AvgIpc) is 2.46. The van der Waals surface area contributed by atoms with Crippen LogP contribution in [0.25, 0.3) is 5.69 Å². The van der Waals surface area contributed by atoms with Gasteiger partial charge in [0.1, 0.15) is 0 Å². The highest BCUT2D eigenvalue weighted by Crippen LogP contribution is 2.14. The summed E-state index contributed by atoms with van der Waals surface area (Å²) in [5.41, 5.74) is 9.62. The molecule has 0 aliphatic carbocycles. The number of benzene rings is 1. The third kappa shape index (κ3) is 3.17. The Bertz CT molecular complexity index is 626. The molecular formula is C17H22N2O. The number of unbranched alkanes of at least 4 members (excludes halogenated alkanes) is 1. The lowest BCUT2D eigenvalue weighted by Crippen LogP contribution is -2.16. The summed E-state index contributed by atoms with van der Waals surface area (Å²) in [5, 5.41) is 0. The molecule has 0 atom stereocenters. The van der Waals surface area contributed by atoms with Crippen LogP contribution < -0.4 is 11.2 Å². The fourth-order valence-corrected chi connectivity index (χ4v) is 2.31. The van der Waals surface area contributed by atoms with E-state index in [1.807, 2.05) is 17.7 Å². The van der Waals surface area contributed by atoms with Gasteiger partial charge in [-0.05, 0) is 37.5 Å².